The molecule has 0 saturated carbocycles. The van der Waals surface area contributed by atoms with Crippen molar-refractivity contribution in [3.63, 3.8) is 0 Å². The van der Waals surface area contributed by atoms with Gasteiger partial charge in [-0.15, -0.1) is 11.6 Å². The highest BCUT2D eigenvalue weighted by Gasteiger charge is 2.31. The molecule has 2 aliphatic rings. The van der Waals surface area contributed by atoms with Crippen LogP contribution in [0, 0.1) is 0 Å². The first-order chi connectivity index (χ1) is 11.8. The summed E-state index contributed by atoms with van der Waals surface area (Å²) in [6.07, 6.45) is 5.66. The van der Waals surface area contributed by atoms with E-state index in [1.807, 2.05) is 24.3 Å². The molecule has 2 aliphatic heterocycles. The molecule has 2 fully saturated rings. The van der Waals surface area contributed by atoms with Gasteiger partial charge in [0.05, 0.1) is 6.61 Å². The Morgan fingerprint density at radius 3 is 2.58 bits per heavy atom. The maximum absolute atomic E-state index is 12.9. The van der Waals surface area contributed by atoms with Gasteiger partial charge in [0, 0.05) is 30.6 Å². The Kier molecular flexibility index (Phi) is 6.38. The van der Waals surface area contributed by atoms with E-state index in [0.29, 0.717) is 18.5 Å². The summed E-state index contributed by atoms with van der Waals surface area (Å²) in [5, 5.41) is 0. The summed E-state index contributed by atoms with van der Waals surface area (Å²) >= 11 is 5.65. The first kappa shape index (κ1) is 17.6. The van der Waals surface area contributed by atoms with Crippen LogP contribution < -0.4 is 4.74 Å². The SMILES string of the molecule is O=C(c1ccc(OCCCCl)cc1)N1CCC[C@H]1CN1CCCC1. The molecular weight excluding hydrogens is 324 g/mol. The second-order valence-corrected chi connectivity index (χ2v) is 7.10. The zero-order valence-corrected chi connectivity index (χ0v) is 15.0. The van der Waals surface area contributed by atoms with E-state index in [-0.39, 0.29) is 5.91 Å². The predicted molar refractivity (Wildman–Crippen MR) is 97.0 cm³/mol. The van der Waals surface area contributed by atoms with E-state index in [4.69, 9.17) is 16.3 Å². The average molecular weight is 351 g/mol. The molecule has 0 N–H and O–H groups in total. The topological polar surface area (TPSA) is 32.8 Å². The van der Waals surface area contributed by atoms with Gasteiger partial charge >= 0.3 is 0 Å². The minimum Gasteiger partial charge on any atom is -0.494 e. The van der Waals surface area contributed by atoms with Gasteiger partial charge in [-0.2, -0.15) is 0 Å². The van der Waals surface area contributed by atoms with Crippen LogP contribution in [0.5, 0.6) is 5.75 Å². The summed E-state index contributed by atoms with van der Waals surface area (Å²) in [4.78, 5) is 17.4. The molecule has 0 aliphatic carbocycles. The molecule has 0 aromatic heterocycles. The molecule has 2 heterocycles. The number of likely N-dealkylation sites (tertiary alicyclic amines) is 2. The fraction of sp³-hybridized carbons (Fsp3) is 0.632. The van der Waals surface area contributed by atoms with E-state index in [0.717, 1.165) is 43.7 Å². The lowest BCUT2D eigenvalue weighted by atomic mass is 10.1. The molecule has 3 rings (SSSR count). The Morgan fingerprint density at radius 2 is 1.88 bits per heavy atom. The summed E-state index contributed by atoms with van der Waals surface area (Å²) in [7, 11) is 0. The Labute approximate surface area is 149 Å². The van der Waals surface area contributed by atoms with Gasteiger partial charge in [-0.1, -0.05) is 0 Å². The summed E-state index contributed by atoms with van der Waals surface area (Å²) in [6, 6.07) is 7.89. The van der Waals surface area contributed by atoms with Crippen molar-refractivity contribution in [3.8, 4) is 5.75 Å². The molecule has 0 bridgehead atoms. The van der Waals surface area contributed by atoms with Crippen LogP contribution in [-0.2, 0) is 0 Å². The molecule has 132 valence electrons. The first-order valence-corrected chi connectivity index (χ1v) is 9.63. The van der Waals surface area contributed by atoms with Crippen molar-refractivity contribution in [1.82, 2.24) is 9.80 Å². The van der Waals surface area contributed by atoms with Crippen molar-refractivity contribution in [2.45, 2.75) is 38.1 Å². The lowest BCUT2D eigenvalue weighted by Gasteiger charge is -2.28. The molecule has 0 radical (unpaired) electrons. The summed E-state index contributed by atoms with van der Waals surface area (Å²) in [5.41, 5.74) is 0.757. The van der Waals surface area contributed by atoms with Crippen LogP contribution in [-0.4, -0.2) is 60.4 Å². The Balaban J connectivity index is 1.57. The number of alkyl halides is 1. The van der Waals surface area contributed by atoms with Crippen LogP contribution in [0.25, 0.3) is 0 Å². The lowest BCUT2D eigenvalue weighted by Crippen LogP contribution is -2.42. The van der Waals surface area contributed by atoms with Crippen LogP contribution >= 0.6 is 11.6 Å². The monoisotopic (exact) mass is 350 g/mol. The number of ether oxygens (including phenoxy) is 1. The van der Waals surface area contributed by atoms with Crippen LogP contribution in [0.1, 0.15) is 42.5 Å². The second-order valence-electron chi connectivity index (χ2n) is 6.72. The molecule has 1 aromatic carbocycles. The van der Waals surface area contributed by atoms with Gasteiger partial charge in [0.25, 0.3) is 5.91 Å². The molecule has 0 unspecified atom stereocenters. The molecule has 1 atom stereocenters. The molecule has 5 heteroatoms. The zero-order chi connectivity index (χ0) is 16.8. The quantitative estimate of drug-likeness (QED) is 0.558. The highest BCUT2D eigenvalue weighted by Crippen LogP contribution is 2.23. The van der Waals surface area contributed by atoms with Crippen LogP contribution in [0.3, 0.4) is 0 Å². The van der Waals surface area contributed by atoms with Crippen LogP contribution in [0.15, 0.2) is 24.3 Å². The normalized spacial score (nSPS) is 21.4. The van der Waals surface area contributed by atoms with Gasteiger partial charge < -0.3 is 14.5 Å². The molecule has 2 saturated heterocycles. The van der Waals surface area contributed by atoms with Crippen LogP contribution in [0.2, 0.25) is 0 Å². The lowest BCUT2D eigenvalue weighted by molar-refractivity contribution is 0.0708. The number of rotatable bonds is 7. The third-order valence-corrected chi connectivity index (χ3v) is 5.22. The minimum atomic E-state index is 0.156. The number of amides is 1. The van der Waals surface area contributed by atoms with Crippen molar-refractivity contribution in [3.05, 3.63) is 29.8 Å². The van der Waals surface area contributed by atoms with Crippen molar-refractivity contribution < 1.29 is 9.53 Å². The molecule has 24 heavy (non-hydrogen) atoms. The maximum Gasteiger partial charge on any atom is 0.254 e. The molecule has 0 spiro atoms. The predicted octanol–water partition coefficient (Wildman–Crippen LogP) is 3.39. The van der Waals surface area contributed by atoms with Crippen molar-refractivity contribution in [2.75, 3.05) is 38.7 Å². The highest BCUT2D eigenvalue weighted by molar-refractivity contribution is 6.17. The van der Waals surface area contributed by atoms with E-state index >= 15 is 0 Å². The van der Waals surface area contributed by atoms with E-state index < -0.39 is 0 Å². The Hall–Kier alpha value is -1.26. The number of hydrogen-bond donors (Lipinski definition) is 0. The fourth-order valence-electron chi connectivity index (χ4n) is 3.66. The number of halogens is 1. The minimum absolute atomic E-state index is 0.156. The summed E-state index contributed by atoms with van der Waals surface area (Å²) < 4.78 is 5.60. The maximum atomic E-state index is 12.9. The van der Waals surface area contributed by atoms with E-state index in [9.17, 15) is 4.79 Å². The van der Waals surface area contributed by atoms with E-state index in [1.165, 1.54) is 25.9 Å². The number of carbonyl (C=O) groups excluding carboxylic acids is 1. The van der Waals surface area contributed by atoms with Crippen molar-refractivity contribution in [2.24, 2.45) is 0 Å². The number of nitrogens with zero attached hydrogens (tertiary/aromatic N) is 2. The second kappa shape index (κ2) is 8.72. The van der Waals surface area contributed by atoms with Gasteiger partial charge in [-0.3, -0.25) is 4.79 Å². The molecule has 4 nitrogen and oxygen atoms in total. The number of carbonyl (C=O) groups is 1. The van der Waals surface area contributed by atoms with Crippen molar-refractivity contribution >= 4 is 17.5 Å². The number of benzene rings is 1. The highest BCUT2D eigenvalue weighted by atomic mass is 35.5. The van der Waals surface area contributed by atoms with Gasteiger partial charge in [0.1, 0.15) is 5.75 Å². The standard InChI is InChI=1S/C19H27ClN2O2/c20-10-4-14-24-18-8-6-16(7-9-18)19(23)22-13-3-5-17(22)15-21-11-1-2-12-21/h6-9,17H,1-5,10-15H2/t17-/m0/s1. The third-order valence-electron chi connectivity index (χ3n) is 4.95. The molecule has 1 aromatic rings. The first-order valence-electron chi connectivity index (χ1n) is 9.10. The zero-order valence-electron chi connectivity index (χ0n) is 14.3. The fourth-order valence-corrected chi connectivity index (χ4v) is 3.77. The number of hydrogen-bond acceptors (Lipinski definition) is 3. The average Bonchev–Trinajstić information content (AvgIpc) is 3.27. The Bertz CT molecular complexity index is 529. The van der Waals surface area contributed by atoms with Gasteiger partial charge in [0.2, 0.25) is 0 Å². The third kappa shape index (κ3) is 4.42. The van der Waals surface area contributed by atoms with Crippen molar-refractivity contribution in [1.29, 1.82) is 0 Å². The Morgan fingerprint density at radius 1 is 1.12 bits per heavy atom. The van der Waals surface area contributed by atoms with Crippen LogP contribution in [0.4, 0.5) is 0 Å². The van der Waals surface area contributed by atoms with E-state index in [1.54, 1.807) is 0 Å². The van der Waals surface area contributed by atoms with E-state index in [2.05, 4.69) is 9.80 Å². The summed E-state index contributed by atoms with van der Waals surface area (Å²) in [6.45, 7) is 4.90. The summed E-state index contributed by atoms with van der Waals surface area (Å²) in [5.74, 6) is 1.56. The van der Waals surface area contributed by atoms with Gasteiger partial charge in [0.15, 0.2) is 0 Å². The largest absolute Gasteiger partial charge is 0.494 e. The van der Waals surface area contributed by atoms with Gasteiger partial charge in [-0.25, -0.2) is 0 Å². The molecular formula is C19H27ClN2O2. The molecule has 1 amide bonds. The smallest absolute Gasteiger partial charge is 0.254 e. The van der Waals surface area contributed by atoms with Gasteiger partial charge in [-0.05, 0) is 69.5 Å².